The van der Waals surface area contributed by atoms with Crippen molar-refractivity contribution in [3.05, 3.63) is 35.4 Å². The van der Waals surface area contributed by atoms with E-state index in [4.69, 9.17) is 19.5 Å². The van der Waals surface area contributed by atoms with Gasteiger partial charge in [-0.1, -0.05) is 12.1 Å². The van der Waals surface area contributed by atoms with E-state index in [1.165, 1.54) is 13.2 Å². The van der Waals surface area contributed by atoms with E-state index in [1.54, 1.807) is 31.4 Å². The first-order valence-corrected chi connectivity index (χ1v) is 5.63. The summed E-state index contributed by atoms with van der Waals surface area (Å²) in [6.45, 7) is 0.421. The van der Waals surface area contributed by atoms with Gasteiger partial charge >= 0.3 is 5.97 Å². The van der Waals surface area contributed by atoms with Crippen molar-refractivity contribution in [2.24, 2.45) is 0 Å². The molecule has 0 aromatic heterocycles. The minimum absolute atomic E-state index is 0.0544. The van der Waals surface area contributed by atoms with Crippen LogP contribution in [0.5, 0.6) is 5.75 Å². The number of carbonyl (C=O) groups is 1. The molecule has 5 heteroatoms. The lowest BCUT2D eigenvalue weighted by Crippen LogP contribution is -2.11. The fourth-order valence-corrected chi connectivity index (χ4v) is 1.30. The molecule has 1 aromatic carbocycles. The summed E-state index contributed by atoms with van der Waals surface area (Å²) >= 11 is 0. The quantitative estimate of drug-likeness (QED) is 0.338. The summed E-state index contributed by atoms with van der Waals surface area (Å²) < 4.78 is 14.7. The van der Waals surface area contributed by atoms with Crippen molar-refractivity contribution < 1.29 is 19.0 Å². The number of methoxy groups -OCH3 is 2. The minimum atomic E-state index is -0.657. The molecule has 0 unspecified atom stereocenters. The summed E-state index contributed by atoms with van der Waals surface area (Å²) in [6.07, 6.45) is 1.47. The van der Waals surface area contributed by atoms with Gasteiger partial charge < -0.3 is 14.2 Å². The van der Waals surface area contributed by atoms with E-state index in [0.29, 0.717) is 12.4 Å². The van der Waals surface area contributed by atoms with Gasteiger partial charge in [0.25, 0.3) is 0 Å². The third kappa shape index (κ3) is 4.82. The van der Waals surface area contributed by atoms with E-state index in [2.05, 4.69) is 0 Å². The van der Waals surface area contributed by atoms with Gasteiger partial charge in [-0.05, 0) is 23.8 Å². The molecule has 0 atom stereocenters. The van der Waals surface area contributed by atoms with Crippen LogP contribution in [-0.4, -0.2) is 33.4 Å². The van der Waals surface area contributed by atoms with Crippen molar-refractivity contribution in [2.45, 2.75) is 0 Å². The Hall–Kier alpha value is -2.32. The number of hydrogen-bond donors (Lipinski definition) is 0. The molecule has 0 heterocycles. The van der Waals surface area contributed by atoms with Crippen molar-refractivity contribution in [3.8, 4) is 11.8 Å². The van der Waals surface area contributed by atoms with Gasteiger partial charge in [0.1, 0.15) is 24.0 Å². The Balaban J connectivity index is 2.75. The Bertz CT molecular complexity index is 485. The minimum Gasteiger partial charge on any atom is -0.497 e. The van der Waals surface area contributed by atoms with Gasteiger partial charge in [-0.25, -0.2) is 4.79 Å². The highest BCUT2D eigenvalue weighted by Crippen LogP contribution is 2.14. The second-order valence-corrected chi connectivity index (χ2v) is 3.57. The van der Waals surface area contributed by atoms with Crippen LogP contribution in [-0.2, 0) is 14.3 Å². The van der Waals surface area contributed by atoms with E-state index in [9.17, 15) is 4.79 Å². The molecule has 100 valence electrons. The molecule has 0 saturated heterocycles. The summed E-state index contributed by atoms with van der Waals surface area (Å²) in [5.74, 6) is 0.0497. The monoisotopic (exact) mass is 261 g/mol. The van der Waals surface area contributed by atoms with Gasteiger partial charge in [0, 0.05) is 7.11 Å². The molecule has 19 heavy (non-hydrogen) atoms. The number of hydrogen-bond acceptors (Lipinski definition) is 5. The maximum absolute atomic E-state index is 11.6. The lowest BCUT2D eigenvalue weighted by atomic mass is 10.1. The smallest absolute Gasteiger partial charge is 0.348 e. The lowest BCUT2D eigenvalue weighted by Gasteiger charge is -2.03. The van der Waals surface area contributed by atoms with Crippen molar-refractivity contribution in [1.82, 2.24) is 0 Å². The van der Waals surface area contributed by atoms with Crippen molar-refractivity contribution >= 4 is 12.0 Å². The van der Waals surface area contributed by atoms with Crippen LogP contribution in [0.3, 0.4) is 0 Å². The standard InChI is InChI=1S/C14H15NO4/c1-17-7-8-19-14(16)12(10-15)9-11-3-5-13(18-2)6-4-11/h3-6,9H,7-8H2,1-2H3/b12-9+. The number of esters is 1. The molecule has 0 spiro atoms. The fourth-order valence-electron chi connectivity index (χ4n) is 1.30. The average molecular weight is 261 g/mol. The van der Waals surface area contributed by atoms with Crippen LogP contribution in [0.4, 0.5) is 0 Å². The average Bonchev–Trinajstić information content (AvgIpc) is 2.45. The molecule has 1 rings (SSSR count). The largest absolute Gasteiger partial charge is 0.497 e. The first-order valence-electron chi connectivity index (χ1n) is 5.63. The number of nitrogens with zero attached hydrogens (tertiary/aromatic N) is 1. The number of carbonyl (C=O) groups excluding carboxylic acids is 1. The van der Waals surface area contributed by atoms with E-state index >= 15 is 0 Å². The van der Waals surface area contributed by atoms with Gasteiger partial charge in [-0.3, -0.25) is 0 Å². The second kappa shape index (κ2) is 7.90. The Morgan fingerprint density at radius 2 is 1.95 bits per heavy atom. The van der Waals surface area contributed by atoms with Crippen molar-refractivity contribution in [3.63, 3.8) is 0 Å². The molecule has 0 saturated carbocycles. The maximum atomic E-state index is 11.6. The normalized spacial score (nSPS) is 10.7. The van der Waals surface area contributed by atoms with Crippen molar-refractivity contribution in [2.75, 3.05) is 27.4 Å². The molecule has 0 bridgehead atoms. The second-order valence-electron chi connectivity index (χ2n) is 3.57. The van der Waals surface area contributed by atoms with Crippen LogP contribution in [0.15, 0.2) is 29.8 Å². The molecule has 0 amide bonds. The molecule has 1 aromatic rings. The van der Waals surface area contributed by atoms with E-state index < -0.39 is 5.97 Å². The van der Waals surface area contributed by atoms with Crippen LogP contribution in [0.25, 0.3) is 6.08 Å². The van der Waals surface area contributed by atoms with E-state index in [1.807, 2.05) is 6.07 Å². The molecular formula is C14H15NO4. The van der Waals surface area contributed by atoms with Crippen LogP contribution in [0.1, 0.15) is 5.56 Å². The summed E-state index contributed by atoms with van der Waals surface area (Å²) in [4.78, 5) is 11.6. The summed E-state index contributed by atoms with van der Waals surface area (Å²) in [6, 6.07) is 8.81. The van der Waals surface area contributed by atoms with Gasteiger partial charge in [0.05, 0.1) is 13.7 Å². The third-order valence-electron chi connectivity index (χ3n) is 2.29. The number of rotatable bonds is 6. The molecule has 0 N–H and O–H groups in total. The summed E-state index contributed by atoms with van der Waals surface area (Å²) in [5.41, 5.74) is 0.669. The van der Waals surface area contributed by atoms with Crippen LogP contribution in [0, 0.1) is 11.3 Å². The van der Waals surface area contributed by atoms with E-state index in [-0.39, 0.29) is 12.2 Å². The van der Waals surface area contributed by atoms with Crippen LogP contribution >= 0.6 is 0 Å². The molecular weight excluding hydrogens is 246 g/mol. The highest BCUT2D eigenvalue weighted by Gasteiger charge is 2.10. The number of nitriles is 1. The first-order chi connectivity index (χ1) is 9.21. The molecule has 0 aliphatic heterocycles. The first kappa shape index (κ1) is 14.7. The van der Waals surface area contributed by atoms with Crippen LogP contribution < -0.4 is 4.74 Å². The maximum Gasteiger partial charge on any atom is 0.348 e. The highest BCUT2D eigenvalue weighted by atomic mass is 16.6. The predicted molar refractivity (Wildman–Crippen MR) is 69.4 cm³/mol. The fraction of sp³-hybridized carbons (Fsp3) is 0.286. The Labute approximate surface area is 112 Å². The van der Waals surface area contributed by atoms with Gasteiger partial charge in [0.2, 0.25) is 0 Å². The zero-order chi connectivity index (χ0) is 14.1. The lowest BCUT2D eigenvalue weighted by molar-refractivity contribution is -0.139. The number of benzene rings is 1. The van der Waals surface area contributed by atoms with Crippen molar-refractivity contribution in [1.29, 1.82) is 5.26 Å². The predicted octanol–water partition coefficient (Wildman–Crippen LogP) is 1.79. The molecule has 0 fully saturated rings. The van der Waals surface area contributed by atoms with E-state index in [0.717, 1.165) is 5.56 Å². The molecule has 0 aliphatic carbocycles. The summed E-state index contributed by atoms with van der Waals surface area (Å²) in [5, 5.41) is 8.94. The molecule has 0 radical (unpaired) electrons. The Kier molecular flexibility index (Phi) is 6.13. The summed E-state index contributed by atoms with van der Waals surface area (Å²) in [7, 11) is 3.07. The highest BCUT2D eigenvalue weighted by molar-refractivity contribution is 5.97. The zero-order valence-corrected chi connectivity index (χ0v) is 10.9. The third-order valence-corrected chi connectivity index (χ3v) is 2.29. The SMILES string of the molecule is COCCOC(=O)/C(C#N)=C/c1ccc(OC)cc1. The topological polar surface area (TPSA) is 68.5 Å². The molecule has 5 nitrogen and oxygen atoms in total. The van der Waals surface area contributed by atoms with Crippen LogP contribution in [0.2, 0.25) is 0 Å². The number of ether oxygens (including phenoxy) is 3. The van der Waals surface area contributed by atoms with Gasteiger partial charge in [-0.2, -0.15) is 5.26 Å². The van der Waals surface area contributed by atoms with Gasteiger partial charge in [0.15, 0.2) is 0 Å². The van der Waals surface area contributed by atoms with Gasteiger partial charge in [-0.15, -0.1) is 0 Å². The zero-order valence-electron chi connectivity index (χ0n) is 10.9. The Morgan fingerprint density at radius 3 is 2.47 bits per heavy atom. The molecule has 0 aliphatic rings. The Morgan fingerprint density at radius 1 is 1.26 bits per heavy atom.